The molecule has 12 heteroatoms. The summed E-state index contributed by atoms with van der Waals surface area (Å²) in [6, 6.07) is 0.260. The van der Waals surface area contributed by atoms with Crippen molar-refractivity contribution in [1.82, 2.24) is 10.6 Å². The molecular formula is C43H73N7O5+4. The van der Waals surface area contributed by atoms with Crippen molar-refractivity contribution in [3.63, 3.8) is 0 Å². The second-order valence-electron chi connectivity index (χ2n) is 18.1. The highest BCUT2D eigenvalue weighted by Gasteiger charge is 2.87. The average molecular weight is 768 g/mol. The van der Waals surface area contributed by atoms with E-state index in [0.717, 1.165) is 76.7 Å². The Labute approximate surface area is 329 Å². The van der Waals surface area contributed by atoms with Crippen LogP contribution in [0.25, 0.3) is 0 Å². The highest BCUT2D eigenvalue weighted by molar-refractivity contribution is 6.23. The zero-order valence-electron chi connectivity index (χ0n) is 34.5. The molecule has 12 nitrogen and oxygen atoms in total. The maximum Gasteiger partial charge on any atom is 0.350 e. The van der Waals surface area contributed by atoms with Gasteiger partial charge in [0.2, 0.25) is 0 Å². The van der Waals surface area contributed by atoms with Gasteiger partial charge in [0.25, 0.3) is 5.60 Å². The molecule has 0 aromatic rings. The molecule has 0 radical (unpaired) electrons. The van der Waals surface area contributed by atoms with Crippen LogP contribution in [-0.4, -0.2) is 93.4 Å². The molecule has 4 fully saturated rings. The van der Waals surface area contributed by atoms with Crippen molar-refractivity contribution in [2.75, 3.05) is 40.5 Å². The quantitative estimate of drug-likeness (QED) is 0.0196. The SMILES string of the molecule is CC[NH2+]C1C=C2C=CCCC2CC1COC(=O)C12OC1(CC=C(C)CC(NC(N)=[NH+]C)C1CC[NH2+]C(NC[NH2+]C)C1)C(=O)C1CCCC(CC(C)C)C1C2=O. The van der Waals surface area contributed by atoms with E-state index in [1.807, 2.05) is 13.1 Å². The third-order valence-corrected chi connectivity index (χ3v) is 13.8. The zero-order valence-corrected chi connectivity index (χ0v) is 34.5. The first kappa shape index (κ1) is 41.7. The third kappa shape index (κ3) is 8.68. The molecule has 2 aliphatic heterocycles. The van der Waals surface area contributed by atoms with Gasteiger partial charge in [0.1, 0.15) is 25.5 Å². The second-order valence-corrected chi connectivity index (χ2v) is 18.1. The standard InChI is InChI=1S/C43H69N7O5/c1-7-47-34-22-29-12-9-8-11-28(29)21-32(34)24-54-40(53)43-39(52)37-31(19-26(2)3)13-10-14-33(37)38(51)42(43,55-43)17-15-27(4)20-35(50-41(44)46-6)30-16-18-48-36(23-30)49-25-45-5/h9,12,15,22,26,28,30-37,45,47-49H,7-8,10-11,13-14,16-21,23-25H2,1-6H3,(H3,44,46,50)/p+4. The minimum atomic E-state index is -1.88. The van der Waals surface area contributed by atoms with Crippen LogP contribution in [0, 0.1) is 41.4 Å². The van der Waals surface area contributed by atoms with E-state index in [1.54, 1.807) is 0 Å². The van der Waals surface area contributed by atoms with Gasteiger partial charge in [-0.2, -0.15) is 0 Å². The number of hydrogen-bond acceptors (Lipinski definition) is 6. The van der Waals surface area contributed by atoms with E-state index < -0.39 is 29.0 Å². The zero-order chi connectivity index (χ0) is 39.3. The number of ether oxygens (including phenoxy) is 2. The topological polar surface area (TPSA) is 187 Å². The second kappa shape index (κ2) is 18.1. The number of esters is 1. The number of fused-ring (bicyclic) bond motifs is 3. The van der Waals surface area contributed by atoms with Crippen LogP contribution in [0.4, 0.5) is 0 Å². The normalized spacial score (nSPS) is 36.7. The fraction of sp³-hybridized carbons (Fsp3) is 0.767. The van der Waals surface area contributed by atoms with Gasteiger partial charge in [0.05, 0.1) is 33.2 Å². The molecule has 0 aromatic carbocycles. The Morgan fingerprint density at radius 1 is 1.18 bits per heavy atom. The number of piperidine rings is 1. The van der Waals surface area contributed by atoms with Crippen molar-refractivity contribution in [1.29, 1.82) is 0 Å². The van der Waals surface area contributed by atoms with E-state index >= 15 is 0 Å². The number of likely N-dealkylation sites (N-methyl/N-ethyl adjacent to an activating group) is 1. The number of guanidine groups is 1. The van der Waals surface area contributed by atoms with Crippen molar-refractivity contribution in [3.05, 3.63) is 35.5 Å². The summed E-state index contributed by atoms with van der Waals surface area (Å²) in [5, 5.41) is 14.0. The van der Waals surface area contributed by atoms with Crippen molar-refractivity contribution in [2.24, 2.45) is 47.2 Å². The van der Waals surface area contributed by atoms with Crippen LogP contribution in [0.5, 0.6) is 0 Å². The van der Waals surface area contributed by atoms with Gasteiger partial charge in [-0.25, -0.2) is 10.1 Å². The van der Waals surface area contributed by atoms with Crippen LogP contribution in [0.15, 0.2) is 35.5 Å². The summed E-state index contributed by atoms with van der Waals surface area (Å²) in [6.45, 7) is 11.6. The molecule has 0 bridgehead atoms. The van der Waals surface area contributed by atoms with E-state index in [4.69, 9.17) is 15.2 Å². The molecule has 2 saturated heterocycles. The summed E-state index contributed by atoms with van der Waals surface area (Å²) < 4.78 is 12.7. The third-order valence-electron chi connectivity index (χ3n) is 13.8. The number of epoxide rings is 1. The molecule has 11 atom stereocenters. The summed E-state index contributed by atoms with van der Waals surface area (Å²) >= 11 is 0. The van der Waals surface area contributed by atoms with Crippen LogP contribution in [0.1, 0.15) is 98.3 Å². The van der Waals surface area contributed by atoms with Gasteiger partial charge in [-0.1, -0.05) is 44.1 Å². The minimum absolute atomic E-state index is 0.0612. The van der Waals surface area contributed by atoms with E-state index in [-0.39, 0.29) is 48.5 Å². The number of carbonyl (C=O) groups is 3. The van der Waals surface area contributed by atoms with Gasteiger partial charge in [0.15, 0.2) is 17.2 Å². The number of Topliss-reactive ketones (excluding diaryl/α,β-unsaturated/α-hetero) is 2. The highest BCUT2D eigenvalue weighted by atomic mass is 16.7. The van der Waals surface area contributed by atoms with Crippen LogP contribution in [0.2, 0.25) is 0 Å². The van der Waals surface area contributed by atoms with Gasteiger partial charge in [-0.3, -0.25) is 25.6 Å². The molecule has 2 heterocycles. The maximum absolute atomic E-state index is 14.9. The number of carbonyl (C=O) groups excluding carboxylic acids is 3. The first-order valence-electron chi connectivity index (χ1n) is 21.7. The van der Waals surface area contributed by atoms with Crippen molar-refractivity contribution in [2.45, 2.75) is 128 Å². The Balaban J connectivity index is 1.24. The van der Waals surface area contributed by atoms with Crippen molar-refractivity contribution in [3.8, 4) is 0 Å². The molecule has 0 spiro atoms. The van der Waals surface area contributed by atoms with Gasteiger partial charge >= 0.3 is 11.9 Å². The van der Waals surface area contributed by atoms with Crippen LogP contribution >= 0.6 is 0 Å². The first-order chi connectivity index (χ1) is 26.5. The minimum Gasteiger partial charge on any atom is -0.463 e. The molecule has 0 aromatic heterocycles. The maximum atomic E-state index is 14.9. The molecule has 306 valence electrons. The molecule has 11 unspecified atom stereocenters. The highest BCUT2D eigenvalue weighted by Crippen LogP contribution is 2.62. The van der Waals surface area contributed by atoms with E-state index in [0.29, 0.717) is 42.7 Å². The summed E-state index contributed by atoms with van der Waals surface area (Å²) in [5.41, 5.74) is 5.37. The van der Waals surface area contributed by atoms with Crippen LogP contribution in [0.3, 0.4) is 0 Å². The predicted molar refractivity (Wildman–Crippen MR) is 211 cm³/mol. The number of allylic oxidation sites excluding steroid dienone is 3. The summed E-state index contributed by atoms with van der Waals surface area (Å²) in [5.74, 6) is 0.0597. The van der Waals surface area contributed by atoms with Crippen LogP contribution in [-0.2, 0) is 23.9 Å². The Hall–Kier alpha value is -2.90. The molecule has 2 saturated carbocycles. The largest absolute Gasteiger partial charge is 0.463 e. The molecule has 6 aliphatic rings. The molecule has 0 amide bonds. The lowest BCUT2D eigenvalue weighted by Crippen LogP contribution is -2.98. The molecule has 6 rings (SSSR count). The van der Waals surface area contributed by atoms with Gasteiger partial charge < -0.3 is 25.4 Å². The Bertz CT molecular complexity index is 1530. The Morgan fingerprint density at radius 2 is 2.00 bits per heavy atom. The number of hydrogen-bond donors (Lipinski definition) is 7. The number of rotatable bonds is 16. The Kier molecular flexibility index (Phi) is 13.8. The number of nitrogens with one attached hydrogen (secondary N) is 3. The molecule has 4 aliphatic carbocycles. The van der Waals surface area contributed by atoms with E-state index in [2.05, 4.69) is 84.5 Å². The van der Waals surface area contributed by atoms with E-state index in [9.17, 15) is 14.4 Å². The average Bonchev–Trinajstić information content (AvgIpc) is 3.89. The lowest BCUT2D eigenvalue weighted by Gasteiger charge is -2.42. The van der Waals surface area contributed by atoms with Gasteiger partial charge in [-0.15, -0.1) is 0 Å². The number of quaternary nitrogens is 3. The first-order valence-corrected chi connectivity index (χ1v) is 21.7. The van der Waals surface area contributed by atoms with Crippen LogP contribution < -0.4 is 37.3 Å². The van der Waals surface area contributed by atoms with Crippen molar-refractivity contribution < 1.29 is 44.8 Å². The smallest absolute Gasteiger partial charge is 0.350 e. The molecule has 55 heavy (non-hydrogen) atoms. The lowest BCUT2D eigenvalue weighted by atomic mass is 9.57. The van der Waals surface area contributed by atoms with E-state index in [1.165, 1.54) is 5.57 Å². The van der Waals surface area contributed by atoms with Crippen molar-refractivity contribution >= 4 is 23.5 Å². The fourth-order valence-corrected chi connectivity index (χ4v) is 11.0. The monoisotopic (exact) mass is 768 g/mol. The van der Waals surface area contributed by atoms with Gasteiger partial charge in [-0.05, 0) is 81.8 Å². The molecule has 11 N–H and O–H groups in total. The lowest BCUT2D eigenvalue weighted by molar-refractivity contribution is -0.717. The summed E-state index contributed by atoms with van der Waals surface area (Å²) in [7, 11) is 3.88. The number of ketones is 2. The summed E-state index contributed by atoms with van der Waals surface area (Å²) in [6.07, 6.45) is 18.6. The molecular weight excluding hydrogens is 695 g/mol. The predicted octanol–water partition coefficient (Wildman–Crippen LogP) is -1.12. The van der Waals surface area contributed by atoms with Gasteiger partial charge in [0, 0.05) is 49.4 Å². The fourth-order valence-electron chi connectivity index (χ4n) is 11.0. The Morgan fingerprint density at radius 3 is 2.75 bits per heavy atom. The number of nitrogens with two attached hydrogens (primary N) is 4. The summed E-state index contributed by atoms with van der Waals surface area (Å²) in [4.78, 5) is 47.4.